The lowest BCUT2D eigenvalue weighted by Gasteiger charge is -2.08. The van der Waals surface area contributed by atoms with Crippen LogP contribution in [0, 0.1) is 13.8 Å². The molecule has 0 aliphatic heterocycles. The van der Waals surface area contributed by atoms with E-state index in [0.29, 0.717) is 16.3 Å². The summed E-state index contributed by atoms with van der Waals surface area (Å²) in [4.78, 5) is 37.4. The van der Waals surface area contributed by atoms with Crippen molar-refractivity contribution in [3.05, 3.63) is 40.3 Å². The fraction of sp³-hybridized carbons (Fsp3) is 0.316. The van der Waals surface area contributed by atoms with E-state index >= 15 is 0 Å². The number of thioether (sulfide) groups is 1. The zero-order valence-corrected chi connectivity index (χ0v) is 17.3. The first-order valence-corrected chi connectivity index (χ1v) is 10.2. The number of hydrogen-bond acceptors (Lipinski definition) is 6. The molecule has 2 N–H and O–H groups in total. The first kappa shape index (κ1) is 21.0. The summed E-state index contributed by atoms with van der Waals surface area (Å²) < 4.78 is 5.09. The molecule has 0 radical (unpaired) electrons. The molecular weight excluding hydrogens is 384 g/mol. The average Bonchev–Trinajstić information content (AvgIpc) is 2.88. The second-order valence-corrected chi connectivity index (χ2v) is 8.02. The zero-order valence-electron chi connectivity index (χ0n) is 15.7. The van der Waals surface area contributed by atoms with Crippen molar-refractivity contribution in [2.75, 3.05) is 23.0 Å². The number of carbonyl (C=O) groups is 3. The molecule has 0 spiro atoms. The maximum atomic E-state index is 12.3. The molecule has 0 aliphatic carbocycles. The summed E-state index contributed by atoms with van der Waals surface area (Å²) in [5.41, 5.74) is 1.97. The summed E-state index contributed by atoms with van der Waals surface area (Å²) in [6.45, 7) is 7.23. The van der Waals surface area contributed by atoms with E-state index in [2.05, 4.69) is 10.6 Å². The monoisotopic (exact) mass is 406 g/mol. The van der Waals surface area contributed by atoms with E-state index in [9.17, 15) is 14.4 Å². The number of anilines is 2. The number of nitrogens with one attached hydrogen (secondary N) is 2. The summed E-state index contributed by atoms with van der Waals surface area (Å²) in [5, 5.41) is 6.04. The number of thiophene rings is 1. The summed E-state index contributed by atoms with van der Waals surface area (Å²) in [5.74, 6) is -0.542. The molecule has 0 atom stereocenters. The lowest BCUT2D eigenvalue weighted by Crippen LogP contribution is -2.16. The Morgan fingerprint density at radius 3 is 2.37 bits per heavy atom. The highest BCUT2D eigenvalue weighted by atomic mass is 32.2. The number of ether oxygens (including phenoxy) is 1. The molecule has 0 saturated heterocycles. The average molecular weight is 407 g/mol. The van der Waals surface area contributed by atoms with Gasteiger partial charge >= 0.3 is 5.97 Å². The van der Waals surface area contributed by atoms with Gasteiger partial charge in [-0.2, -0.15) is 0 Å². The van der Waals surface area contributed by atoms with Crippen LogP contribution in [0.5, 0.6) is 0 Å². The van der Waals surface area contributed by atoms with Gasteiger partial charge in [-0.25, -0.2) is 4.79 Å². The number of aryl methyl sites for hydroxylation is 1. The van der Waals surface area contributed by atoms with Crippen molar-refractivity contribution in [2.24, 2.45) is 0 Å². The fourth-order valence-corrected chi connectivity index (χ4v) is 4.08. The van der Waals surface area contributed by atoms with E-state index in [0.717, 1.165) is 15.3 Å². The number of carbonyl (C=O) groups excluding carboxylic acids is 3. The Morgan fingerprint density at radius 1 is 1.11 bits per heavy atom. The highest BCUT2D eigenvalue weighted by molar-refractivity contribution is 8.00. The normalized spacial score (nSPS) is 10.4. The smallest absolute Gasteiger partial charge is 0.341 e. The minimum Gasteiger partial charge on any atom is -0.462 e. The van der Waals surface area contributed by atoms with Crippen LogP contribution in [-0.4, -0.2) is 30.1 Å². The molecule has 27 heavy (non-hydrogen) atoms. The van der Waals surface area contributed by atoms with Crippen molar-refractivity contribution < 1.29 is 19.1 Å². The SMILES string of the molecule is CCOC(=O)c1c(NC(=O)CSc2ccc(NC(C)=O)cc2)sc(C)c1C. The molecule has 2 aromatic rings. The van der Waals surface area contributed by atoms with Crippen molar-refractivity contribution in [1.29, 1.82) is 0 Å². The number of benzene rings is 1. The van der Waals surface area contributed by atoms with Crippen LogP contribution < -0.4 is 10.6 Å². The predicted octanol–water partition coefficient (Wildman–Crippen LogP) is 4.23. The van der Waals surface area contributed by atoms with Crippen molar-refractivity contribution in [2.45, 2.75) is 32.6 Å². The van der Waals surface area contributed by atoms with Gasteiger partial charge < -0.3 is 15.4 Å². The van der Waals surface area contributed by atoms with Gasteiger partial charge in [-0.3, -0.25) is 9.59 Å². The highest BCUT2D eigenvalue weighted by Gasteiger charge is 2.22. The molecule has 1 aromatic heterocycles. The topological polar surface area (TPSA) is 84.5 Å². The Morgan fingerprint density at radius 2 is 1.78 bits per heavy atom. The van der Waals surface area contributed by atoms with Gasteiger partial charge in [0, 0.05) is 22.4 Å². The third kappa shape index (κ3) is 5.83. The van der Waals surface area contributed by atoms with Crippen LogP contribution in [0.3, 0.4) is 0 Å². The standard InChI is InChI=1S/C19H22N2O4S2/c1-5-25-19(24)17-11(2)12(3)27-18(17)21-16(23)10-26-15-8-6-14(7-9-15)20-13(4)22/h6-9H,5,10H2,1-4H3,(H,20,22)(H,21,23). The van der Waals surface area contributed by atoms with Crippen molar-refractivity contribution in [3.8, 4) is 0 Å². The Bertz CT molecular complexity index is 844. The van der Waals surface area contributed by atoms with E-state index in [-0.39, 0.29) is 24.2 Å². The van der Waals surface area contributed by atoms with Crippen LogP contribution in [0.4, 0.5) is 10.7 Å². The molecule has 8 heteroatoms. The largest absolute Gasteiger partial charge is 0.462 e. The predicted molar refractivity (Wildman–Crippen MR) is 110 cm³/mol. The van der Waals surface area contributed by atoms with Crippen LogP contribution in [0.1, 0.15) is 34.6 Å². The third-order valence-electron chi connectivity index (χ3n) is 3.66. The lowest BCUT2D eigenvalue weighted by atomic mass is 10.1. The second kappa shape index (κ2) is 9.57. The molecular formula is C19H22N2O4S2. The van der Waals surface area contributed by atoms with Crippen molar-refractivity contribution in [1.82, 2.24) is 0 Å². The van der Waals surface area contributed by atoms with E-state index in [1.807, 2.05) is 26.0 Å². The van der Waals surface area contributed by atoms with Gasteiger partial charge in [0.05, 0.1) is 17.9 Å². The van der Waals surface area contributed by atoms with E-state index in [1.165, 1.54) is 30.0 Å². The van der Waals surface area contributed by atoms with Crippen LogP contribution in [0.25, 0.3) is 0 Å². The Balaban J connectivity index is 1.99. The first-order chi connectivity index (χ1) is 12.8. The van der Waals surface area contributed by atoms with E-state index in [1.54, 1.807) is 19.1 Å². The minimum atomic E-state index is -0.420. The first-order valence-electron chi connectivity index (χ1n) is 8.39. The van der Waals surface area contributed by atoms with E-state index in [4.69, 9.17) is 4.74 Å². The Kier molecular flexibility index (Phi) is 7.44. The molecule has 0 fully saturated rings. The van der Waals surface area contributed by atoms with Gasteiger partial charge in [0.25, 0.3) is 0 Å². The van der Waals surface area contributed by atoms with Gasteiger partial charge in [-0.1, -0.05) is 0 Å². The van der Waals surface area contributed by atoms with Crippen molar-refractivity contribution >= 4 is 51.6 Å². The van der Waals surface area contributed by atoms with Gasteiger partial charge in [-0.05, 0) is 50.6 Å². The van der Waals surface area contributed by atoms with Crippen LogP contribution in [0.2, 0.25) is 0 Å². The van der Waals surface area contributed by atoms with Gasteiger partial charge in [-0.15, -0.1) is 23.1 Å². The van der Waals surface area contributed by atoms with Crippen LogP contribution in [0.15, 0.2) is 29.2 Å². The molecule has 1 heterocycles. The third-order valence-corrected chi connectivity index (χ3v) is 5.80. The van der Waals surface area contributed by atoms with Crippen molar-refractivity contribution in [3.63, 3.8) is 0 Å². The molecule has 0 saturated carbocycles. The zero-order chi connectivity index (χ0) is 20.0. The van der Waals surface area contributed by atoms with Crippen LogP contribution in [-0.2, 0) is 14.3 Å². The molecule has 6 nitrogen and oxygen atoms in total. The van der Waals surface area contributed by atoms with Gasteiger partial charge in [0.1, 0.15) is 5.00 Å². The van der Waals surface area contributed by atoms with Crippen LogP contribution >= 0.6 is 23.1 Å². The summed E-state index contributed by atoms with van der Waals surface area (Å²) in [6, 6.07) is 7.25. The molecule has 144 valence electrons. The fourth-order valence-electron chi connectivity index (χ4n) is 2.31. The second-order valence-electron chi connectivity index (χ2n) is 5.75. The summed E-state index contributed by atoms with van der Waals surface area (Å²) in [7, 11) is 0. The number of esters is 1. The van der Waals surface area contributed by atoms with Gasteiger partial charge in [0.15, 0.2) is 0 Å². The number of rotatable bonds is 7. The number of amides is 2. The quantitative estimate of drug-likeness (QED) is 0.531. The van der Waals surface area contributed by atoms with E-state index < -0.39 is 5.97 Å². The molecule has 0 unspecified atom stereocenters. The molecule has 0 bridgehead atoms. The highest BCUT2D eigenvalue weighted by Crippen LogP contribution is 2.33. The maximum absolute atomic E-state index is 12.3. The Labute approximate surface area is 166 Å². The number of hydrogen-bond donors (Lipinski definition) is 2. The lowest BCUT2D eigenvalue weighted by molar-refractivity contribution is -0.114. The maximum Gasteiger partial charge on any atom is 0.341 e. The molecule has 1 aromatic carbocycles. The summed E-state index contributed by atoms with van der Waals surface area (Å²) in [6.07, 6.45) is 0. The summed E-state index contributed by atoms with van der Waals surface area (Å²) >= 11 is 2.75. The molecule has 2 rings (SSSR count). The minimum absolute atomic E-state index is 0.131. The van der Waals surface area contributed by atoms with Gasteiger partial charge in [0.2, 0.25) is 11.8 Å². The molecule has 2 amide bonds. The molecule has 0 aliphatic rings. The Hall–Kier alpha value is -2.32.